The normalized spacial score (nSPS) is 21.6. The fourth-order valence-electron chi connectivity index (χ4n) is 2.52. The molecule has 100 valence electrons. The zero-order chi connectivity index (χ0) is 13.3. The van der Waals surface area contributed by atoms with Gasteiger partial charge in [0.15, 0.2) is 0 Å². The zero-order valence-corrected chi connectivity index (χ0v) is 12.0. The second-order valence-corrected chi connectivity index (χ2v) is 6.56. The lowest BCUT2D eigenvalue weighted by Crippen LogP contribution is -2.50. The summed E-state index contributed by atoms with van der Waals surface area (Å²) in [6.07, 6.45) is 3.43. The van der Waals surface area contributed by atoms with Crippen LogP contribution in [0.15, 0.2) is 0 Å². The molecule has 0 saturated carbocycles. The molecule has 2 N–H and O–H groups in total. The number of hydrogen-bond acceptors (Lipinski definition) is 2. The van der Waals surface area contributed by atoms with Crippen molar-refractivity contribution in [1.29, 1.82) is 0 Å². The van der Waals surface area contributed by atoms with Gasteiger partial charge < -0.3 is 10.6 Å². The molecule has 0 radical (unpaired) electrons. The molecule has 17 heavy (non-hydrogen) atoms. The van der Waals surface area contributed by atoms with E-state index in [4.69, 9.17) is 5.73 Å². The lowest BCUT2D eigenvalue weighted by atomic mass is 9.82. The van der Waals surface area contributed by atoms with Crippen molar-refractivity contribution in [3.05, 3.63) is 0 Å². The van der Waals surface area contributed by atoms with Crippen LogP contribution in [0.3, 0.4) is 0 Å². The van der Waals surface area contributed by atoms with Gasteiger partial charge >= 0.3 is 0 Å². The van der Waals surface area contributed by atoms with E-state index in [9.17, 15) is 4.79 Å². The largest absolute Gasteiger partial charge is 0.341 e. The monoisotopic (exact) mass is 240 g/mol. The molecule has 0 bridgehead atoms. The molecule has 1 saturated heterocycles. The van der Waals surface area contributed by atoms with Gasteiger partial charge in [-0.05, 0) is 30.1 Å². The zero-order valence-electron chi connectivity index (χ0n) is 12.0. The number of likely N-dealkylation sites (tertiary alicyclic amines) is 1. The molecule has 1 amide bonds. The van der Waals surface area contributed by atoms with Gasteiger partial charge in [-0.3, -0.25) is 4.79 Å². The fraction of sp³-hybridized carbons (Fsp3) is 0.929. The Hall–Kier alpha value is -0.570. The Labute approximate surface area is 106 Å². The number of amides is 1. The number of nitrogens with zero attached hydrogens (tertiary/aromatic N) is 1. The van der Waals surface area contributed by atoms with Crippen molar-refractivity contribution in [2.75, 3.05) is 13.1 Å². The van der Waals surface area contributed by atoms with Crippen LogP contribution in [0.2, 0.25) is 0 Å². The summed E-state index contributed by atoms with van der Waals surface area (Å²) in [5.74, 6) is 0.126. The third kappa shape index (κ3) is 3.01. The van der Waals surface area contributed by atoms with Gasteiger partial charge in [0.1, 0.15) is 0 Å². The molecular weight excluding hydrogens is 212 g/mol. The van der Waals surface area contributed by atoms with Crippen molar-refractivity contribution in [2.45, 2.75) is 59.9 Å². The van der Waals surface area contributed by atoms with Crippen LogP contribution in [0.1, 0.15) is 53.9 Å². The summed E-state index contributed by atoms with van der Waals surface area (Å²) >= 11 is 0. The first-order valence-corrected chi connectivity index (χ1v) is 6.80. The van der Waals surface area contributed by atoms with Crippen LogP contribution in [0, 0.1) is 10.8 Å². The first kappa shape index (κ1) is 14.5. The molecule has 1 unspecified atom stereocenters. The van der Waals surface area contributed by atoms with Crippen LogP contribution >= 0.6 is 0 Å². The summed E-state index contributed by atoms with van der Waals surface area (Å²) in [4.78, 5) is 14.3. The first-order valence-electron chi connectivity index (χ1n) is 6.80. The SMILES string of the molecule is CCC1(CC)CCN(C(=O)C(N)C(C)(C)C)C1. The highest BCUT2D eigenvalue weighted by atomic mass is 16.2. The van der Waals surface area contributed by atoms with Gasteiger partial charge in [-0.2, -0.15) is 0 Å². The summed E-state index contributed by atoms with van der Waals surface area (Å²) in [6, 6.07) is -0.382. The Balaban J connectivity index is 2.69. The van der Waals surface area contributed by atoms with Gasteiger partial charge in [-0.1, -0.05) is 34.6 Å². The van der Waals surface area contributed by atoms with E-state index in [1.54, 1.807) is 0 Å². The molecule has 0 aromatic rings. The third-order valence-corrected chi connectivity index (χ3v) is 4.45. The number of carbonyl (C=O) groups is 1. The van der Waals surface area contributed by atoms with Crippen LogP contribution < -0.4 is 5.73 Å². The topological polar surface area (TPSA) is 46.3 Å². The first-order chi connectivity index (χ1) is 7.75. The molecule has 0 aromatic carbocycles. The smallest absolute Gasteiger partial charge is 0.240 e. The molecule has 1 fully saturated rings. The van der Waals surface area contributed by atoms with Crippen LogP contribution in [-0.4, -0.2) is 29.9 Å². The molecule has 1 heterocycles. The fourth-order valence-corrected chi connectivity index (χ4v) is 2.52. The van der Waals surface area contributed by atoms with Crippen molar-refractivity contribution in [3.8, 4) is 0 Å². The van der Waals surface area contributed by atoms with Gasteiger partial charge in [0.05, 0.1) is 6.04 Å². The van der Waals surface area contributed by atoms with Crippen LogP contribution in [0.5, 0.6) is 0 Å². The summed E-state index contributed by atoms with van der Waals surface area (Å²) < 4.78 is 0. The quantitative estimate of drug-likeness (QED) is 0.823. The Morgan fingerprint density at radius 2 is 1.88 bits per heavy atom. The number of nitrogens with two attached hydrogens (primary N) is 1. The predicted octanol–water partition coefficient (Wildman–Crippen LogP) is 2.40. The standard InChI is InChI=1S/C14H28N2O/c1-6-14(7-2)8-9-16(10-14)12(17)11(15)13(3,4)5/h11H,6-10,15H2,1-5H3. The minimum atomic E-state index is -0.382. The van der Waals surface area contributed by atoms with Gasteiger partial charge in [0.25, 0.3) is 0 Å². The summed E-state index contributed by atoms with van der Waals surface area (Å²) in [7, 11) is 0. The number of hydrogen-bond donors (Lipinski definition) is 1. The second kappa shape index (κ2) is 4.97. The maximum atomic E-state index is 12.3. The Morgan fingerprint density at radius 1 is 1.35 bits per heavy atom. The maximum absolute atomic E-state index is 12.3. The number of rotatable bonds is 3. The van der Waals surface area contributed by atoms with E-state index >= 15 is 0 Å². The Morgan fingerprint density at radius 3 is 2.24 bits per heavy atom. The lowest BCUT2D eigenvalue weighted by Gasteiger charge is -2.31. The summed E-state index contributed by atoms with van der Waals surface area (Å²) in [5.41, 5.74) is 6.24. The molecule has 3 nitrogen and oxygen atoms in total. The minimum Gasteiger partial charge on any atom is -0.341 e. The van der Waals surface area contributed by atoms with E-state index in [0.29, 0.717) is 5.41 Å². The molecular formula is C14H28N2O. The van der Waals surface area contributed by atoms with E-state index < -0.39 is 0 Å². The second-order valence-electron chi connectivity index (χ2n) is 6.56. The van der Waals surface area contributed by atoms with Gasteiger partial charge in [0, 0.05) is 13.1 Å². The predicted molar refractivity (Wildman–Crippen MR) is 71.6 cm³/mol. The number of carbonyl (C=O) groups excluding carboxylic acids is 1. The molecule has 1 aliphatic rings. The molecule has 1 rings (SSSR count). The summed E-state index contributed by atoms with van der Waals surface area (Å²) in [5, 5.41) is 0. The highest BCUT2D eigenvalue weighted by molar-refractivity contribution is 5.82. The van der Waals surface area contributed by atoms with Crippen LogP contribution in [0.25, 0.3) is 0 Å². The van der Waals surface area contributed by atoms with Crippen LogP contribution in [0.4, 0.5) is 0 Å². The van der Waals surface area contributed by atoms with E-state index in [2.05, 4.69) is 13.8 Å². The molecule has 1 atom stereocenters. The average Bonchev–Trinajstić information content (AvgIpc) is 2.71. The van der Waals surface area contributed by atoms with Crippen molar-refractivity contribution in [3.63, 3.8) is 0 Å². The van der Waals surface area contributed by atoms with Gasteiger partial charge in [-0.25, -0.2) is 0 Å². The van der Waals surface area contributed by atoms with Crippen LogP contribution in [-0.2, 0) is 4.79 Å². The van der Waals surface area contributed by atoms with E-state index in [1.165, 1.54) is 0 Å². The average molecular weight is 240 g/mol. The van der Waals surface area contributed by atoms with Gasteiger partial charge in [-0.15, -0.1) is 0 Å². The molecule has 1 aliphatic heterocycles. The maximum Gasteiger partial charge on any atom is 0.240 e. The highest BCUT2D eigenvalue weighted by Crippen LogP contribution is 2.37. The molecule has 0 aliphatic carbocycles. The third-order valence-electron chi connectivity index (χ3n) is 4.45. The van der Waals surface area contributed by atoms with Crippen molar-refractivity contribution in [2.24, 2.45) is 16.6 Å². The van der Waals surface area contributed by atoms with Gasteiger partial charge in [0.2, 0.25) is 5.91 Å². The molecule has 3 heteroatoms. The molecule has 0 spiro atoms. The Kier molecular flexibility index (Phi) is 4.23. The van der Waals surface area contributed by atoms with Crippen molar-refractivity contribution in [1.82, 2.24) is 4.90 Å². The Bertz CT molecular complexity index is 276. The highest BCUT2D eigenvalue weighted by Gasteiger charge is 2.40. The minimum absolute atomic E-state index is 0.126. The van der Waals surface area contributed by atoms with E-state index in [1.807, 2.05) is 25.7 Å². The molecule has 0 aromatic heterocycles. The van der Waals surface area contributed by atoms with Crippen molar-refractivity contribution >= 4 is 5.91 Å². The lowest BCUT2D eigenvalue weighted by molar-refractivity contribution is -0.134. The van der Waals surface area contributed by atoms with E-state index in [0.717, 1.165) is 32.4 Å². The summed E-state index contributed by atoms with van der Waals surface area (Å²) in [6.45, 7) is 12.3. The van der Waals surface area contributed by atoms with E-state index in [-0.39, 0.29) is 17.4 Å². The van der Waals surface area contributed by atoms with Crippen molar-refractivity contribution < 1.29 is 4.79 Å².